The lowest BCUT2D eigenvalue weighted by Gasteiger charge is -2.33. The van der Waals surface area contributed by atoms with Crippen LogP contribution in [0.3, 0.4) is 0 Å². The molecule has 106 valence electrons. The van der Waals surface area contributed by atoms with Crippen molar-refractivity contribution in [2.75, 3.05) is 13.2 Å². The highest BCUT2D eigenvalue weighted by Gasteiger charge is 2.32. The third-order valence-corrected chi connectivity index (χ3v) is 4.92. The van der Waals surface area contributed by atoms with E-state index in [0.29, 0.717) is 38.3 Å². The number of nitrogens with one attached hydrogen (secondary N) is 1. The van der Waals surface area contributed by atoms with Crippen molar-refractivity contribution in [1.29, 1.82) is 0 Å². The summed E-state index contributed by atoms with van der Waals surface area (Å²) < 4.78 is 32.6. The lowest BCUT2D eigenvalue weighted by molar-refractivity contribution is 0.0537. The van der Waals surface area contributed by atoms with Gasteiger partial charge in [-0.1, -0.05) is 0 Å². The van der Waals surface area contributed by atoms with Crippen LogP contribution in [0.2, 0.25) is 0 Å². The van der Waals surface area contributed by atoms with E-state index in [1.54, 1.807) is 6.07 Å². The Morgan fingerprint density at radius 3 is 2.63 bits per heavy atom. The number of hydrogen-bond acceptors (Lipinski definition) is 5. The fourth-order valence-electron chi connectivity index (χ4n) is 2.00. The molecule has 0 aromatic carbocycles. The summed E-state index contributed by atoms with van der Waals surface area (Å²) in [5.41, 5.74) is 5.65. The molecular formula is C12H19N3O3S. The minimum atomic E-state index is -3.55. The molecule has 0 amide bonds. The van der Waals surface area contributed by atoms with Crippen LogP contribution in [-0.4, -0.2) is 32.2 Å². The van der Waals surface area contributed by atoms with Crippen LogP contribution in [0.4, 0.5) is 0 Å². The molecule has 6 nitrogen and oxygen atoms in total. The van der Waals surface area contributed by atoms with Gasteiger partial charge < -0.3 is 10.5 Å². The van der Waals surface area contributed by atoms with E-state index in [0.717, 1.165) is 0 Å². The summed E-state index contributed by atoms with van der Waals surface area (Å²) in [6, 6.07) is 3.15. The first kappa shape index (κ1) is 14.4. The average molecular weight is 285 g/mol. The van der Waals surface area contributed by atoms with Crippen molar-refractivity contribution < 1.29 is 13.2 Å². The predicted octanol–water partition coefficient (Wildman–Crippen LogP) is 0.388. The smallest absolute Gasteiger partial charge is 0.242 e. The zero-order valence-corrected chi connectivity index (χ0v) is 11.7. The standard InChI is InChI=1S/C12H19N3O3S/c1-12(4-6-18-7-5-12)15-19(16,17)11-3-2-10(8-13)14-9-11/h2-3,9,15H,4-8,13H2,1H3. The lowest BCUT2D eigenvalue weighted by atomic mass is 9.94. The molecule has 1 saturated heterocycles. The number of hydrogen-bond donors (Lipinski definition) is 2. The minimum Gasteiger partial charge on any atom is -0.381 e. The minimum absolute atomic E-state index is 0.164. The van der Waals surface area contributed by atoms with Gasteiger partial charge >= 0.3 is 0 Å². The normalized spacial score (nSPS) is 19.3. The Hall–Kier alpha value is -1.02. The number of rotatable bonds is 4. The maximum Gasteiger partial charge on any atom is 0.242 e. The maximum atomic E-state index is 12.3. The van der Waals surface area contributed by atoms with Crippen LogP contribution in [0.5, 0.6) is 0 Å². The second kappa shape index (κ2) is 5.54. The summed E-state index contributed by atoms with van der Waals surface area (Å²) in [5, 5.41) is 0. The monoisotopic (exact) mass is 285 g/mol. The highest BCUT2D eigenvalue weighted by Crippen LogP contribution is 2.22. The van der Waals surface area contributed by atoms with E-state index >= 15 is 0 Å². The van der Waals surface area contributed by atoms with Crippen LogP contribution in [0.15, 0.2) is 23.2 Å². The summed E-state index contributed by atoms with van der Waals surface area (Å²) in [5.74, 6) is 0. The zero-order chi connectivity index (χ0) is 13.9. The van der Waals surface area contributed by atoms with E-state index in [1.807, 2.05) is 6.92 Å². The van der Waals surface area contributed by atoms with Crippen molar-refractivity contribution in [3.63, 3.8) is 0 Å². The molecule has 0 bridgehead atoms. The molecule has 0 spiro atoms. The number of sulfonamides is 1. The number of ether oxygens (including phenoxy) is 1. The zero-order valence-electron chi connectivity index (χ0n) is 10.9. The molecule has 0 radical (unpaired) electrons. The van der Waals surface area contributed by atoms with Gasteiger partial charge in [-0.15, -0.1) is 0 Å². The Bertz CT molecular complexity index is 522. The number of aromatic nitrogens is 1. The molecule has 0 atom stereocenters. The second-order valence-electron chi connectivity index (χ2n) is 4.97. The first-order valence-corrected chi connectivity index (χ1v) is 7.70. The van der Waals surface area contributed by atoms with Crippen molar-refractivity contribution in [2.24, 2.45) is 5.73 Å². The molecule has 0 saturated carbocycles. The van der Waals surface area contributed by atoms with Gasteiger partial charge in [-0.05, 0) is 31.9 Å². The van der Waals surface area contributed by atoms with Crippen molar-refractivity contribution >= 4 is 10.0 Å². The van der Waals surface area contributed by atoms with Crippen LogP contribution in [0.1, 0.15) is 25.5 Å². The SMILES string of the molecule is CC1(NS(=O)(=O)c2ccc(CN)nc2)CCOCC1. The van der Waals surface area contributed by atoms with Gasteiger partial charge in [-0.3, -0.25) is 4.98 Å². The molecule has 1 aromatic rings. The van der Waals surface area contributed by atoms with E-state index < -0.39 is 15.6 Å². The van der Waals surface area contributed by atoms with Gasteiger partial charge in [-0.2, -0.15) is 0 Å². The van der Waals surface area contributed by atoms with Crippen LogP contribution in [0, 0.1) is 0 Å². The molecule has 1 aromatic heterocycles. The predicted molar refractivity (Wildman–Crippen MR) is 70.9 cm³/mol. The van der Waals surface area contributed by atoms with E-state index in [1.165, 1.54) is 12.3 Å². The molecule has 0 aliphatic carbocycles. The molecular weight excluding hydrogens is 266 g/mol. The summed E-state index contributed by atoms with van der Waals surface area (Å²) in [6.07, 6.45) is 2.67. The molecule has 2 rings (SSSR count). The van der Waals surface area contributed by atoms with Gasteiger partial charge in [0.25, 0.3) is 0 Å². The Kier molecular flexibility index (Phi) is 4.19. The Balaban J connectivity index is 2.17. The number of nitrogens with two attached hydrogens (primary N) is 1. The molecule has 0 unspecified atom stereocenters. The van der Waals surface area contributed by atoms with Gasteiger partial charge in [0.1, 0.15) is 4.90 Å². The summed E-state index contributed by atoms with van der Waals surface area (Å²) in [7, 11) is -3.55. The highest BCUT2D eigenvalue weighted by atomic mass is 32.2. The van der Waals surface area contributed by atoms with E-state index in [4.69, 9.17) is 10.5 Å². The topological polar surface area (TPSA) is 94.3 Å². The van der Waals surface area contributed by atoms with Crippen molar-refractivity contribution in [1.82, 2.24) is 9.71 Å². The van der Waals surface area contributed by atoms with Crippen LogP contribution < -0.4 is 10.5 Å². The van der Waals surface area contributed by atoms with Gasteiger partial charge in [-0.25, -0.2) is 13.1 Å². The summed E-state index contributed by atoms with van der Waals surface area (Å²) in [6.45, 7) is 3.34. The van der Waals surface area contributed by atoms with Crippen molar-refractivity contribution in [3.8, 4) is 0 Å². The van der Waals surface area contributed by atoms with E-state index in [9.17, 15) is 8.42 Å². The molecule has 3 N–H and O–H groups in total. The molecule has 1 fully saturated rings. The largest absolute Gasteiger partial charge is 0.381 e. The van der Waals surface area contributed by atoms with Gasteiger partial charge in [0.2, 0.25) is 10.0 Å². The molecule has 1 aliphatic heterocycles. The molecule has 1 aliphatic rings. The van der Waals surface area contributed by atoms with Crippen molar-refractivity contribution in [2.45, 2.75) is 36.7 Å². The van der Waals surface area contributed by atoms with Crippen LogP contribution in [-0.2, 0) is 21.3 Å². The lowest BCUT2D eigenvalue weighted by Crippen LogP contribution is -2.49. The highest BCUT2D eigenvalue weighted by molar-refractivity contribution is 7.89. The van der Waals surface area contributed by atoms with Gasteiger partial charge in [0, 0.05) is 31.5 Å². The fourth-order valence-corrected chi connectivity index (χ4v) is 3.41. The third kappa shape index (κ3) is 3.50. The first-order valence-electron chi connectivity index (χ1n) is 6.22. The van der Waals surface area contributed by atoms with Crippen LogP contribution in [0.25, 0.3) is 0 Å². The van der Waals surface area contributed by atoms with Gasteiger partial charge in [0.15, 0.2) is 0 Å². The molecule has 19 heavy (non-hydrogen) atoms. The Morgan fingerprint density at radius 1 is 1.42 bits per heavy atom. The van der Waals surface area contributed by atoms with Crippen LogP contribution >= 0.6 is 0 Å². The Labute approximate surface area is 113 Å². The third-order valence-electron chi connectivity index (χ3n) is 3.29. The first-order chi connectivity index (χ1) is 8.95. The molecule has 7 heteroatoms. The summed E-state index contributed by atoms with van der Waals surface area (Å²) in [4.78, 5) is 4.17. The van der Waals surface area contributed by atoms with Gasteiger partial charge in [0.05, 0.1) is 5.69 Å². The molecule has 2 heterocycles. The second-order valence-corrected chi connectivity index (χ2v) is 6.65. The van der Waals surface area contributed by atoms with Crippen molar-refractivity contribution in [3.05, 3.63) is 24.0 Å². The average Bonchev–Trinajstić information content (AvgIpc) is 2.38. The van der Waals surface area contributed by atoms with E-state index in [-0.39, 0.29) is 4.90 Å². The quantitative estimate of drug-likeness (QED) is 0.834. The Morgan fingerprint density at radius 2 is 2.11 bits per heavy atom. The number of nitrogens with zero attached hydrogens (tertiary/aromatic N) is 1. The number of pyridine rings is 1. The van der Waals surface area contributed by atoms with E-state index in [2.05, 4.69) is 9.71 Å². The maximum absolute atomic E-state index is 12.3. The fraction of sp³-hybridized carbons (Fsp3) is 0.583. The summed E-state index contributed by atoms with van der Waals surface area (Å²) >= 11 is 0.